The molecular weight excluding hydrogens is 272 g/mol. The van der Waals surface area contributed by atoms with Crippen LogP contribution in [0.5, 0.6) is 0 Å². The first-order chi connectivity index (χ1) is 9.83. The zero-order valence-corrected chi connectivity index (χ0v) is 11.8. The lowest BCUT2D eigenvalue weighted by Gasteiger charge is -2.29. The van der Waals surface area contributed by atoms with Gasteiger partial charge in [-0.2, -0.15) is 0 Å². The molecule has 0 radical (unpaired) electrons. The van der Waals surface area contributed by atoms with Crippen LogP contribution < -0.4 is 15.5 Å². The van der Waals surface area contributed by atoms with Gasteiger partial charge in [-0.05, 0) is 23.6 Å². The van der Waals surface area contributed by atoms with Crippen LogP contribution in [0.25, 0.3) is 0 Å². The number of piperazine rings is 1. The van der Waals surface area contributed by atoms with Gasteiger partial charge in [-0.3, -0.25) is 4.79 Å². The number of anilines is 2. The molecule has 0 aliphatic carbocycles. The molecule has 3 heterocycles. The highest BCUT2D eigenvalue weighted by Gasteiger charge is 2.11. The minimum Gasteiger partial charge on any atom is -0.368 e. The van der Waals surface area contributed by atoms with Crippen LogP contribution in [-0.2, 0) is 0 Å². The van der Waals surface area contributed by atoms with E-state index < -0.39 is 0 Å². The predicted octanol–water partition coefficient (Wildman–Crippen LogP) is 1.80. The summed E-state index contributed by atoms with van der Waals surface area (Å²) >= 11 is 1.42. The molecule has 104 valence electrons. The molecule has 1 saturated heterocycles. The third-order valence-electron chi connectivity index (χ3n) is 3.22. The Labute approximate surface area is 121 Å². The minimum atomic E-state index is -0.109. The van der Waals surface area contributed by atoms with E-state index in [4.69, 9.17) is 0 Å². The Hall–Kier alpha value is -1.92. The molecule has 1 amide bonds. The Balaban J connectivity index is 1.65. The average molecular weight is 288 g/mol. The number of amides is 1. The lowest BCUT2D eigenvalue weighted by molar-refractivity contribution is 0.103. The van der Waals surface area contributed by atoms with Gasteiger partial charge in [0.25, 0.3) is 5.91 Å². The van der Waals surface area contributed by atoms with Crippen LogP contribution in [0, 0.1) is 0 Å². The van der Waals surface area contributed by atoms with Crippen LogP contribution in [0.3, 0.4) is 0 Å². The van der Waals surface area contributed by atoms with Gasteiger partial charge in [0, 0.05) is 26.2 Å². The van der Waals surface area contributed by atoms with E-state index in [1.54, 1.807) is 6.07 Å². The smallest absolute Gasteiger partial charge is 0.266 e. The third kappa shape index (κ3) is 2.97. The summed E-state index contributed by atoms with van der Waals surface area (Å²) in [7, 11) is 0. The molecule has 1 aliphatic rings. The monoisotopic (exact) mass is 288 g/mol. The van der Waals surface area contributed by atoms with Gasteiger partial charge in [-0.15, -0.1) is 11.3 Å². The molecule has 0 aromatic carbocycles. The molecule has 0 saturated carbocycles. The van der Waals surface area contributed by atoms with Gasteiger partial charge in [0.05, 0.1) is 16.8 Å². The van der Waals surface area contributed by atoms with E-state index in [1.807, 2.05) is 29.8 Å². The van der Waals surface area contributed by atoms with Gasteiger partial charge in [0.1, 0.15) is 5.82 Å². The van der Waals surface area contributed by atoms with Crippen molar-refractivity contribution < 1.29 is 4.79 Å². The Kier molecular flexibility index (Phi) is 3.94. The van der Waals surface area contributed by atoms with Crippen molar-refractivity contribution in [2.45, 2.75) is 0 Å². The van der Waals surface area contributed by atoms with E-state index in [0.29, 0.717) is 10.7 Å². The summed E-state index contributed by atoms with van der Waals surface area (Å²) in [5.41, 5.74) is 1.10. The van der Waals surface area contributed by atoms with Crippen molar-refractivity contribution in [1.29, 1.82) is 0 Å². The molecule has 20 heavy (non-hydrogen) atoms. The van der Waals surface area contributed by atoms with Crippen LogP contribution >= 0.6 is 11.3 Å². The molecule has 0 spiro atoms. The Morgan fingerprint density at radius 2 is 2.15 bits per heavy atom. The maximum atomic E-state index is 11.9. The summed E-state index contributed by atoms with van der Waals surface area (Å²) in [6, 6.07) is 7.51. The number of hydrogen-bond acceptors (Lipinski definition) is 5. The zero-order valence-electron chi connectivity index (χ0n) is 11.0. The van der Waals surface area contributed by atoms with Crippen molar-refractivity contribution in [3.63, 3.8) is 0 Å². The molecule has 2 aromatic rings. The fraction of sp³-hybridized carbons (Fsp3) is 0.286. The number of nitrogens with one attached hydrogen (secondary N) is 2. The third-order valence-corrected chi connectivity index (χ3v) is 4.09. The van der Waals surface area contributed by atoms with Crippen LogP contribution in [0.1, 0.15) is 9.67 Å². The Morgan fingerprint density at radius 1 is 1.30 bits per heavy atom. The number of carbonyl (C=O) groups excluding carboxylic acids is 1. The minimum absolute atomic E-state index is 0.109. The second-order valence-corrected chi connectivity index (χ2v) is 5.52. The van der Waals surface area contributed by atoms with E-state index in [9.17, 15) is 4.79 Å². The molecular formula is C14H16N4OS. The molecule has 0 unspecified atom stereocenters. The van der Waals surface area contributed by atoms with Crippen molar-refractivity contribution in [3.8, 4) is 0 Å². The SMILES string of the molecule is O=C(Nc1ccc(N2CCNCC2)cn1)c1cccs1. The summed E-state index contributed by atoms with van der Waals surface area (Å²) in [6.45, 7) is 3.97. The highest BCUT2D eigenvalue weighted by atomic mass is 32.1. The number of pyridine rings is 1. The van der Waals surface area contributed by atoms with E-state index in [2.05, 4.69) is 20.5 Å². The molecule has 6 heteroatoms. The number of carbonyl (C=O) groups is 1. The first-order valence-electron chi connectivity index (χ1n) is 6.59. The van der Waals surface area contributed by atoms with Gasteiger partial charge in [-0.25, -0.2) is 4.98 Å². The molecule has 5 nitrogen and oxygen atoms in total. The first-order valence-corrected chi connectivity index (χ1v) is 7.47. The van der Waals surface area contributed by atoms with E-state index in [0.717, 1.165) is 31.9 Å². The van der Waals surface area contributed by atoms with Crippen LogP contribution in [0.15, 0.2) is 35.8 Å². The number of thiophene rings is 1. The highest BCUT2D eigenvalue weighted by molar-refractivity contribution is 7.12. The Bertz CT molecular complexity index is 561. The molecule has 2 aromatic heterocycles. The normalized spacial score (nSPS) is 15.1. The fourth-order valence-corrected chi connectivity index (χ4v) is 2.77. The molecule has 2 N–H and O–H groups in total. The summed E-state index contributed by atoms with van der Waals surface area (Å²) in [5.74, 6) is 0.477. The van der Waals surface area contributed by atoms with Crippen LogP contribution in [-0.4, -0.2) is 37.1 Å². The van der Waals surface area contributed by atoms with Gasteiger partial charge in [0.2, 0.25) is 0 Å². The topological polar surface area (TPSA) is 57.3 Å². The maximum absolute atomic E-state index is 11.9. The second kappa shape index (κ2) is 6.02. The van der Waals surface area contributed by atoms with E-state index in [-0.39, 0.29) is 5.91 Å². The van der Waals surface area contributed by atoms with Crippen LogP contribution in [0.2, 0.25) is 0 Å². The number of nitrogens with zero attached hydrogens (tertiary/aromatic N) is 2. The second-order valence-electron chi connectivity index (χ2n) is 4.57. The highest BCUT2D eigenvalue weighted by Crippen LogP contribution is 2.17. The van der Waals surface area contributed by atoms with E-state index in [1.165, 1.54) is 11.3 Å². The van der Waals surface area contributed by atoms with Crippen molar-refractivity contribution >= 4 is 28.7 Å². The summed E-state index contributed by atoms with van der Waals surface area (Å²) in [5, 5.41) is 8.01. The van der Waals surface area contributed by atoms with Gasteiger partial charge >= 0.3 is 0 Å². The predicted molar refractivity (Wildman–Crippen MR) is 81.6 cm³/mol. The number of rotatable bonds is 3. The van der Waals surface area contributed by atoms with Gasteiger partial charge in [-0.1, -0.05) is 6.07 Å². The summed E-state index contributed by atoms with van der Waals surface area (Å²) in [6.07, 6.45) is 1.81. The van der Waals surface area contributed by atoms with Crippen LogP contribution in [0.4, 0.5) is 11.5 Å². The number of hydrogen-bond donors (Lipinski definition) is 2. The standard InChI is InChI=1S/C14H16N4OS/c19-14(12-2-1-9-20-12)17-13-4-3-11(10-16-13)18-7-5-15-6-8-18/h1-4,9-10,15H,5-8H2,(H,16,17,19). The zero-order chi connectivity index (χ0) is 13.8. The maximum Gasteiger partial charge on any atom is 0.266 e. The molecule has 1 aliphatic heterocycles. The Morgan fingerprint density at radius 3 is 2.80 bits per heavy atom. The lowest BCUT2D eigenvalue weighted by Crippen LogP contribution is -2.43. The van der Waals surface area contributed by atoms with Gasteiger partial charge < -0.3 is 15.5 Å². The molecule has 1 fully saturated rings. The average Bonchev–Trinajstić information content (AvgIpc) is 3.03. The first kappa shape index (κ1) is 13.1. The quantitative estimate of drug-likeness (QED) is 0.904. The lowest BCUT2D eigenvalue weighted by atomic mass is 10.3. The van der Waals surface area contributed by atoms with Crippen molar-refractivity contribution in [2.24, 2.45) is 0 Å². The fourth-order valence-electron chi connectivity index (χ4n) is 2.16. The van der Waals surface area contributed by atoms with Crippen molar-refractivity contribution in [1.82, 2.24) is 10.3 Å². The van der Waals surface area contributed by atoms with Gasteiger partial charge in [0.15, 0.2) is 0 Å². The largest absolute Gasteiger partial charge is 0.368 e. The summed E-state index contributed by atoms with van der Waals surface area (Å²) < 4.78 is 0. The van der Waals surface area contributed by atoms with E-state index >= 15 is 0 Å². The van der Waals surface area contributed by atoms with Crippen molar-refractivity contribution in [2.75, 3.05) is 36.4 Å². The molecule has 0 bridgehead atoms. The number of aromatic nitrogens is 1. The molecule has 0 atom stereocenters. The molecule has 3 rings (SSSR count). The van der Waals surface area contributed by atoms with Crippen molar-refractivity contribution in [3.05, 3.63) is 40.7 Å². The summed E-state index contributed by atoms with van der Waals surface area (Å²) in [4.78, 5) is 19.2.